The van der Waals surface area contributed by atoms with E-state index < -0.39 is 6.10 Å². The molecule has 98 valence electrons. The van der Waals surface area contributed by atoms with Gasteiger partial charge in [-0.3, -0.25) is 4.68 Å². The first kappa shape index (κ1) is 14.5. The maximum atomic E-state index is 9.94. The van der Waals surface area contributed by atoms with E-state index in [0.29, 0.717) is 24.0 Å². The van der Waals surface area contributed by atoms with Gasteiger partial charge in [-0.1, -0.05) is 25.4 Å². The van der Waals surface area contributed by atoms with Crippen LogP contribution in [0.1, 0.15) is 32.2 Å². The second kappa shape index (κ2) is 6.38. The lowest BCUT2D eigenvalue weighted by atomic mass is 10.1. The number of nitrogens with one attached hydrogen (secondary N) is 1. The standard InChI is InChI=1S/C12H22ClN3O/c1-5-16-11(12(13)9(4)15-16)6-10(17)7-14-8(2)3/h8,10,14,17H,5-7H2,1-4H3. The van der Waals surface area contributed by atoms with Gasteiger partial charge in [0.1, 0.15) is 0 Å². The van der Waals surface area contributed by atoms with Gasteiger partial charge in [0, 0.05) is 25.6 Å². The predicted octanol–water partition coefficient (Wildman–Crippen LogP) is 1.77. The summed E-state index contributed by atoms with van der Waals surface area (Å²) in [5.74, 6) is 0. The van der Waals surface area contributed by atoms with Gasteiger partial charge in [0.05, 0.1) is 22.5 Å². The molecule has 0 aliphatic carbocycles. The Bertz CT molecular complexity index is 363. The highest BCUT2D eigenvalue weighted by molar-refractivity contribution is 6.31. The second-order valence-electron chi connectivity index (χ2n) is 4.58. The van der Waals surface area contributed by atoms with Crippen LogP contribution < -0.4 is 5.32 Å². The zero-order valence-corrected chi connectivity index (χ0v) is 11.8. The maximum Gasteiger partial charge on any atom is 0.0848 e. The third-order valence-corrected chi connectivity index (χ3v) is 3.14. The first-order chi connectivity index (χ1) is 7.95. The van der Waals surface area contributed by atoms with Crippen LogP contribution in [0.15, 0.2) is 0 Å². The van der Waals surface area contributed by atoms with Crippen LogP contribution in [0, 0.1) is 6.92 Å². The van der Waals surface area contributed by atoms with E-state index in [1.165, 1.54) is 0 Å². The summed E-state index contributed by atoms with van der Waals surface area (Å²) in [5.41, 5.74) is 1.75. The molecule has 17 heavy (non-hydrogen) atoms. The average Bonchev–Trinajstić information content (AvgIpc) is 2.54. The van der Waals surface area contributed by atoms with Crippen LogP contribution in [0.5, 0.6) is 0 Å². The lowest BCUT2D eigenvalue weighted by Gasteiger charge is -2.14. The molecular formula is C12H22ClN3O. The number of halogens is 1. The summed E-state index contributed by atoms with van der Waals surface area (Å²) in [6.07, 6.45) is 0.101. The summed E-state index contributed by atoms with van der Waals surface area (Å²) < 4.78 is 1.86. The fraction of sp³-hybridized carbons (Fsp3) is 0.750. The van der Waals surface area contributed by atoms with E-state index in [-0.39, 0.29) is 0 Å². The number of hydrogen-bond acceptors (Lipinski definition) is 3. The number of aromatic nitrogens is 2. The Kier molecular flexibility index (Phi) is 5.43. The van der Waals surface area contributed by atoms with Crippen molar-refractivity contribution in [3.05, 3.63) is 16.4 Å². The SMILES string of the molecule is CCn1nc(C)c(Cl)c1CC(O)CNC(C)C. The third-order valence-electron chi connectivity index (χ3n) is 2.64. The minimum atomic E-state index is -0.434. The van der Waals surface area contributed by atoms with E-state index >= 15 is 0 Å². The van der Waals surface area contributed by atoms with E-state index in [4.69, 9.17) is 11.6 Å². The van der Waals surface area contributed by atoms with Gasteiger partial charge in [-0.15, -0.1) is 0 Å². The molecule has 0 aliphatic heterocycles. The highest BCUT2D eigenvalue weighted by atomic mass is 35.5. The van der Waals surface area contributed by atoms with Gasteiger partial charge in [0.2, 0.25) is 0 Å². The van der Waals surface area contributed by atoms with E-state index in [1.54, 1.807) is 0 Å². The number of hydrogen-bond donors (Lipinski definition) is 2. The summed E-state index contributed by atoms with van der Waals surface area (Å²) in [4.78, 5) is 0. The lowest BCUT2D eigenvalue weighted by molar-refractivity contribution is 0.166. The molecule has 0 aromatic carbocycles. The summed E-state index contributed by atoms with van der Waals surface area (Å²) in [6.45, 7) is 9.36. The number of aryl methyl sites for hydroxylation is 2. The van der Waals surface area contributed by atoms with E-state index in [1.807, 2.05) is 18.5 Å². The van der Waals surface area contributed by atoms with Crippen LogP contribution in [0.4, 0.5) is 0 Å². The third kappa shape index (κ3) is 3.98. The average molecular weight is 260 g/mol. The fourth-order valence-electron chi connectivity index (χ4n) is 1.73. The van der Waals surface area contributed by atoms with E-state index in [0.717, 1.165) is 17.9 Å². The predicted molar refractivity (Wildman–Crippen MR) is 70.5 cm³/mol. The van der Waals surface area contributed by atoms with Crippen LogP contribution in [0.3, 0.4) is 0 Å². The number of rotatable bonds is 6. The molecule has 0 amide bonds. The zero-order valence-electron chi connectivity index (χ0n) is 11.0. The molecule has 1 unspecified atom stereocenters. The van der Waals surface area contributed by atoms with Crippen LogP contribution in [0.2, 0.25) is 5.02 Å². The Morgan fingerprint density at radius 3 is 2.65 bits per heavy atom. The number of nitrogens with zero attached hydrogens (tertiary/aromatic N) is 2. The first-order valence-electron chi connectivity index (χ1n) is 6.08. The lowest BCUT2D eigenvalue weighted by Crippen LogP contribution is -2.33. The molecule has 0 saturated heterocycles. The van der Waals surface area contributed by atoms with Crippen LogP contribution in [-0.4, -0.2) is 33.6 Å². The monoisotopic (exact) mass is 259 g/mol. The van der Waals surface area contributed by atoms with Crippen molar-refractivity contribution in [2.75, 3.05) is 6.54 Å². The highest BCUT2D eigenvalue weighted by Crippen LogP contribution is 2.21. The van der Waals surface area contributed by atoms with Crippen molar-refractivity contribution >= 4 is 11.6 Å². The van der Waals surface area contributed by atoms with Crippen LogP contribution >= 0.6 is 11.6 Å². The molecule has 2 N–H and O–H groups in total. The van der Waals surface area contributed by atoms with Crippen molar-refractivity contribution in [3.8, 4) is 0 Å². The Morgan fingerprint density at radius 1 is 1.47 bits per heavy atom. The summed E-state index contributed by atoms with van der Waals surface area (Å²) in [6, 6.07) is 0.373. The van der Waals surface area contributed by atoms with Gasteiger partial charge in [-0.05, 0) is 13.8 Å². The van der Waals surface area contributed by atoms with Crippen molar-refractivity contribution in [2.24, 2.45) is 0 Å². The summed E-state index contributed by atoms with van der Waals surface area (Å²) in [7, 11) is 0. The van der Waals surface area contributed by atoms with Gasteiger partial charge < -0.3 is 10.4 Å². The van der Waals surface area contributed by atoms with Crippen molar-refractivity contribution in [1.82, 2.24) is 15.1 Å². The summed E-state index contributed by atoms with van der Waals surface area (Å²) >= 11 is 6.18. The largest absolute Gasteiger partial charge is 0.391 e. The number of aliphatic hydroxyl groups is 1. The topological polar surface area (TPSA) is 50.1 Å². The molecular weight excluding hydrogens is 238 g/mol. The van der Waals surface area contributed by atoms with Gasteiger partial charge in [0.15, 0.2) is 0 Å². The van der Waals surface area contributed by atoms with Gasteiger partial charge in [-0.2, -0.15) is 5.10 Å². The summed E-state index contributed by atoms with van der Waals surface area (Å²) in [5, 5.41) is 18.2. The van der Waals surface area contributed by atoms with Crippen LogP contribution in [0.25, 0.3) is 0 Å². The molecule has 1 aromatic heterocycles. The highest BCUT2D eigenvalue weighted by Gasteiger charge is 2.16. The maximum absolute atomic E-state index is 9.94. The van der Waals surface area contributed by atoms with E-state index in [9.17, 15) is 5.11 Å². The quantitative estimate of drug-likeness (QED) is 0.819. The zero-order chi connectivity index (χ0) is 13.0. The molecule has 5 heteroatoms. The van der Waals surface area contributed by atoms with Crippen molar-refractivity contribution in [2.45, 2.75) is 52.8 Å². The molecule has 4 nitrogen and oxygen atoms in total. The molecule has 0 radical (unpaired) electrons. The van der Waals surface area contributed by atoms with Crippen molar-refractivity contribution in [1.29, 1.82) is 0 Å². The molecule has 0 saturated carbocycles. The van der Waals surface area contributed by atoms with Gasteiger partial charge in [0.25, 0.3) is 0 Å². The van der Waals surface area contributed by atoms with Crippen molar-refractivity contribution < 1.29 is 5.11 Å². The normalized spacial score (nSPS) is 13.4. The van der Waals surface area contributed by atoms with Gasteiger partial charge >= 0.3 is 0 Å². The molecule has 0 spiro atoms. The second-order valence-corrected chi connectivity index (χ2v) is 4.96. The number of aliphatic hydroxyl groups excluding tert-OH is 1. The Labute approximate surface area is 108 Å². The van der Waals surface area contributed by atoms with Crippen LogP contribution in [-0.2, 0) is 13.0 Å². The van der Waals surface area contributed by atoms with Gasteiger partial charge in [-0.25, -0.2) is 0 Å². The Morgan fingerprint density at radius 2 is 2.12 bits per heavy atom. The Balaban J connectivity index is 2.67. The molecule has 1 rings (SSSR count). The molecule has 1 aromatic rings. The molecule has 0 aliphatic rings. The minimum absolute atomic E-state index is 0.373. The fourth-order valence-corrected chi connectivity index (χ4v) is 1.94. The Hall–Kier alpha value is -0.580. The molecule has 1 heterocycles. The minimum Gasteiger partial charge on any atom is -0.391 e. The van der Waals surface area contributed by atoms with E-state index in [2.05, 4.69) is 24.3 Å². The molecule has 0 fully saturated rings. The molecule has 1 atom stereocenters. The first-order valence-corrected chi connectivity index (χ1v) is 6.46. The molecule has 0 bridgehead atoms. The smallest absolute Gasteiger partial charge is 0.0848 e. The van der Waals surface area contributed by atoms with Crippen molar-refractivity contribution in [3.63, 3.8) is 0 Å².